The Labute approximate surface area is 93.9 Å². The van der Waals surface area contributed by atoms with Crippen molar-refractivity contribution in [2.45, 2.75) is 20.8 Å². The van der Waals surface area contributed by atoms with Crippen LogP contribution in [0, 0.1) is 5.41 Å². The maximum atomic E-state index is 2.43. The lowest BCUT2D eigenvalue weighted by Gasteiger charge is -2.26. The van der Waals surface area contributed by atoms with Gasteiger partial charge in [-0.15, -0.1) is 0 Å². The van der Waals surface area contributed by atoms with Gasteiger partial charge in [-0.2, -0.15) is 0 Å². The van der Waals surface area contributed by atoms with E-state index in [0.29, 0.717) is 5.41 Å². The summed E-state index contributed by atoms with van der Waals surface area (Å²) in [5.41, 5.74) is 2.74. The lowest BCUT2D eigenvalue weighted by atomic mass is 9.96. The van der Waals surface area contributed by atoms with Crippen LogP contribution in [0.4, 0.5) is 0 Å². The summed E-state index contributed by atoms with van der Waals surface area (Å²) in [6, 6.07) is 10.9. The van der Waals surface area contributed by atoms with Crippen molar-refractivity contribution in [2.24, 2.45) is 5.41 Å². The predicted octanol–water partition coefficient (Wildman–Crippen LogP) is 2.74. The third kappa shape index (κ3) is 2.12. The molecule has 1 aromatic rings. The van der Waals surface area contributed by atoms with Crippen molar-refractivity contribution in [1.82, 2.24) is 0 Å². The van der Waals surface area contributed by atoms with E-state index in [-0.39, 0.29) is 0 Å². The molecule has 78 valence electrons. The zero-order valence-electron chi connectivity index (χ0n) is 9.70. The van der Waals surface area contributed by atoms with Gasteiger partial charge >= 0.3 is 0 Å². The van der Waals surface area contributed by atoms with Crippen LogP contribution >= 0.6 is 0 Å². The first-order valence-corrected chi connectivity index (χ1v) is 7.35. The van der Waals surface area contributed by atoms with E-state index < -0.39 is 8.80 Å². The maximum Gasteiger partial charge on any atom is 0.121 e. The fourth-order valence-electron chi connectivity index (χ4n) is 2.15. The molecule has 1 unspecified atom stereocenters. The van der Waals surface area contributed by atoms with E-state index in [4.69, 9.17) is 0 Å². The second-order valence-electron chi connectivity index (χ2n) is 5.15. The fraction of sp³-hybridized carbons (Fsp3) is 0.286. The summed E-state index contributed by atoms with van der Waals surface area (Å²) in [5, 5.41) is 3.18. The lowest BCUT2D eigenvalue weighted by molar-refractivity contribution is 0.529. The van der Waals surface area contributed by atoms with Gasteiger partial charge in [-0.3, -0.25) is 0 Å². The van der Waals surface area contributed by atoms with Crippen LogP contribution in [-0.2, 0) is 0 Å². The first-order chi connectivity index (χ1) is 7.09. The van der Waals surface area contributed by atoms with Crippen LogP contribution in [-0.4, -0.2) is 8.80 Å². The highest BCUT2D eigenvalue weighted by atomic mass is 28.3. The van der Waals surface area contributed by atoms with Crippen LogP contribution in [0.1, 0.15) is 20.8 Å². The van der Waals surface area contributed by atoms with Crippen LogP contribution in [0.3, 0.4) is 0 Å². The zero-order chi connectivity index (χ0) is 10.9. The van der Waals surface area contributed by atoms with Gasteiger partial charge in [0, 0.05) is 0 Å². The highest BCUT2D eigenvalue weighted by molar-refractivity contribution is 6.85. The minimum atomic E-state index is -0.999. The molecule has 1 heteroatoms. The number of benzene rings is 1. The summed E-state index contributed by atoms with van der Waals surface area (Å²) in [7, 11) is -0.999. The molecule has 1 aliphatic heterocycles. The average Bonchev–Trinajstić information content (AvgIpc) is 2.67. The summed E-state index contributed by atoms with van der Waals surface area (Å²) in [6.45, 7) is 6.94. The quantitative estimate of drug-likeness (QED) is 0.631. The van der Waals surface area contributed by atoms with Crippen LogP contribution in [0.25, 0.3) is 0 Å². The second kappa shape index (κ2) is 3.82. The molecular formula is C14H18Si. The van der Waals surface area contributed by atoms with Gasteiger partial charge in [-0.25, -0.2) is 0 Å². The van der Waals surface area contributed by atoms with Gasteiger partial charge in [0.1, 0.15) is 8.80 Å². The monoisotopic (exact) mass is 214 g/mol. The van der Waals surface area contributed by atoms with Crippen molar-refractivity contribution in [3.05, 3.63) is 53.4 Å². The van der Waals surface area contributed by atoms with Crippen LogP contribution in [0.15, 0.2) is 53.4 Å². The summed E-state index contributed by atoms with van der Waals surface area (Å²) in [6.07, 6.45) is 4.56. The second-order valence-corrected chi connectivity index (χ2v) is 7.77. The Morgan fingerprint density at radius 1 is 1.00 bits per heavy atom. The van der Waals surface area contributed by atoms with E-state index in [9.17, 15) is 0 Å². The standard InChI is InChI=1S/C14H18Si/c1-14(2,3)13-10-7-11-15(13)12-8-5-4-6-9-12/h4-11,15H,1-3H3. The molecule has 0 bridgehead atoms. The van der Waals surface area contributed by atoms with E-state index in [1.807, 2.05) is 0 Å². The molecule has 0 saturated heterocycles. The largest absolute Gasteiger partial charge is 0.121 e. The number of hydrogen-bond donors (Lipinski definition) is 0. The molecule has 0 spiro atoms. The molecule has 1 atom stereocenters. The van der Waals surface area contributed by atoms with Crippen molar-refractivity contribution in [2.75, 3.05) is 0 Å². The van der Waals surface area contributed by atoms with E-state index in [1.165, 1.54) is 5.19 Å². The van der Waals surface area contributed by atoms with E-state index >= 15 is 0 Å². The molecule has 0 aliphatic carbocycles. The molecule has 2 rings (SSSR count). The average molecular weight is 214 g/mol. The summed E-state index contributed by atoms with van der Waals surface area (Å²) < 4.78 is 0. The summed E-state index contributed by atoms with van der Waals surface area (Å²) >= 11 is 0. The molecule has 0 aromatic heterocycles. The Morgan fingerprint density at radius 3 is 2.27 bits per heavy atom. The molecule has 15 heavy (non-hydrogen) atoms. The van der Waals surface area contributed by atoms with E-state index in [2.05, 4.69) is 69.0 Å². The third-order valence-electron chi connectivity index (χ3n) is 2.94. The smallest absolute Gasteiger partial charge is 0.0891 e. The van der Waals surface area contributed by atoms with Crippen molar-refractivity contribution < 1.29 is 0 Å². The first-order valence-electron chi connectivity index (χ1n) is 5.53. The zero-order valence-corrected chi connectivity index (χ0v) is 10.9. The molecule has 0 radical (unpaired) electrons. The van der Waals surface area contributed by atoms with E-state index in [0.717, 1.165) is 0 Å². The predicted molar refractivity (Wildman–Crippen MR) is 69.9 cm³/mol. The van der Waals surface area contributed by atoms with Gasteiger partial charge in [-0.05, 0) is 5.41 Å². The lowest BCUT2D eigenvalue weighted by Crippen LogP contribution is -2.34. The number of hydrogen-bond acceptors (Lipinski definition) is 0. The normalized spacial score (nSPS) is 20.5. The topological polar surface area (TPSA) is 0 Å². The van der Waals surface area contributed by atoms with Gasteiger partial charge < -0.3 is 0 Å². The summed E-state index contributed by atoms with van der Waals surface area (Å²) in [5.74, 6) is 0. The molecule has 0 N–H and O–H groups in total. The van der Waals surface area contributed by atoms with E-state index in [1.54, 1.807) is 5.20 Å². The van der Waals surface area contributed by atoms with Gasteiger partial charge in [0.15, 0.2) is 0 Å². The molecule has 0 saturated carbocycles. The van der Waals surface area contributed by atoms with Crippen LogP contribution < -0.4 is 5.19 Å². The SMILES string of the molecule is CC(C)(C)C1=CC=C[SiH]1c1ccccc1. The Balaban J connectivity index is 2.33. The minimum Gasteiger partial charge on any atom is -0.0891 e. The Bertz CT molecular complexity index is 393. The summed E-state index contributed by atoms with van der Waals surface area (Å²) in [4.78, 5) is 0. The van der Waals surface area contributed by atoms with Crippen molar-refractivity contribution in [3.8, 4) is 0 Å². The van der Waals surface area contributed by atoms with Gasteiger partial charge in [0.05, 0.1) is 0 Å². The van der Waals surface area contributed by atoms with Gasteiger partial charge in [0.2, 0.25) is 0 Å². The van der Waals surface area contributed by atoms with Crippen molar-refractivity contribution >= 4 is 14.0 Å². The number of rotatable bonds is 1. The molecule has 1 aromatic carbocycles. The Kier molecular flexibility index (Phi) is 2.66. The van der Waals surface area contributed by atoms with Crippen LogP contribution in [0.2, 0.25) is 0 Å². The molecule has 1 aliphatic rings. The number of allylic oxidation sites excluding steroid dienone is 3. The van der Waals surface area contributed by atoms with Gasteiger partial charge in [-0.1, -0.05) is 79.3 Å². The van der Waals surface area contributed by atoms with Crippen molar-refractivity contribution in [1.29, 1.82) is 0 Å². The fourth-order valence-corrected chi connectivity index (χ4v) is 5.16. The van der Waals surface area contributed by atoms with Crippen molar-refractivity contribution in [3.63, 3.8) is 0 Å². The molecule has 0 fully saturated rings. The molecular weight excluding hydrogens is 196 g/mol. The molecule has 0 nitrogen and oxygen atoms in total. The van der Waals surface area contributed by atoms with Gasteiger partial charge in [0.25, 0.3) is 0 Å². The Morgan fingerprint density at radius 2 is 1.67 bits per heavy atom. The maximum absolute atomic E-state index is 2.43. The molecule has 0 amide bonds. The molecule has 1 heterocycles. The Hall–Kier alpha value is -1.08. The highest BCUT2D eigenvalue weighted by Gasteiger charge is 2.27. The highest BCUT2D eigenvalue weighted by Crippen LogP contribution is 2.30. The minimum absolute atomic E-state index is 0.316. The van der Waals surface area contributed by atoms with Crippen LogP contribution in [0.5, 0.6) is 0 Å². The first kappa shape index (κ1) is 10.4. The third-order valence-corrected chi connectivity index (χ3v) is 6.38.